The van der Waals surface area contributed by atoms with E-state index in [1.165, 1.54) is 12.1 Å². The zero-order valence-electron chi connectivity index (χ0n) is 11.3. The highest BCUT2D eigenvalue weighted by atomic mass is 35.5. The Morgan fingerprint density at radius 2 is 1.79 bits per heavy atom. The van der Waals surface area contributed by atoms with Crippen LogP contribution in [0.15, 0.2) is 18.2 Å². The molecule has 1 aromatic carbocycles. The van der Waals surface area contributed by atoms with Gasteiger partial charge in [-0.15, -0.1) is 0 Å². The summed E-state index contributed by atoms with van der Waals surface area (Å²) in [5.74, 6) is 0.526. The number of hydrogen-bond acceptors (Lipinski definition) is 1. The maximum absolute atomic E-state index is 12.9. The maximum Gasteiger partial charge on any atom is 0.418 e. The van der Waals surface area contributed by atoms with E-state index in [1.807, 2.05) is 6.92 Å². The Kier molecular flexibility index (Phi) is 5.53. The fourth-order valence-electron chi connectivity index (χ4n) is 1.81. The van der Waals surface area contributed by atoms with E-state index in [2.05, 4.69) is 19.2 Å². The maximum atomic E-state index is 12.9. The van der Waals surface area contributed by atoms with Crippen LogP contribution in [0.3, 0.4) is 0 Å². The van der Waals surface area contributed by atoms with Crippen molar-refractivity contribution in [1.29, 1.82) is 0 Å². The van der Waals surface area contributed by atoms with Crippen LogP contribution in [0.2, 0.25) is 5.02 Å². The molecule has 0 fully saturated rings. The van der Waals surface area contributed by atoms with Gasteiger partial charge in [-0.1, -0.05) is 31.5 Å². The molecule has 0 saturated heterocycles. The van der Waals surface area contributed by atoms with Crippen LogP contribution in [-0.4, -0.2) is 6.04 Å². The lowest BCUT2D eigenvalue weighted by Gasteiger charge is -2.21. The number of nitrogens with one attached hydrogen (secondary N) is 1. The molecule has 0 aromatic heterocycles. The Bertz CT molecular complexity index is 416. The van der Waals surface area contributed by atoms with Gasteiger partial charge >= 0.3 is 6.18 Å². The first kappa shape index (κ1) is 16.2. The molecule has 1 nitrogen and oxygen atoms in total. The van der Waals surface area contributed by atoms with Crippen molar-refractivity contribution in [2.45, 2.75) is 45.8 Å². The minimum absolute atomic E-state index is 0.0204. The molecular formula is C14H19ClF3N. The predicted molar refractivity (Wildman–Crippen MR) is 73.6 cm³/mol. The van der Waals surface area contributed by atoms with Gasteiger partial charge in [-0.2, -0.15) is 13.2 Å². The highest BCUT2D eigenvalue weighted by molar-refractivity contribution is 6.33. The summed E-state index contributed by atoms with van der Waals surface area (Å²) in [4.78, 5) is 0. The van der Waals surface area contributed by atoms with E-state index in [0.29, 0.717) is 5.92 Å². The predicted octanol–water partition coefficient (Wildman–Crippen LogP) is 5.60. The molecule has 0 saturated carbocycles. The number of benzene rings is 1. The lowest BCUT2D eigenvalue weighted by Crippen LogP contribution is -2.19. The van der Waals surface area contributed by atoms with E-state index in [1.54, 1.807) is 0 Å². The van der Waals surface area contributed by atoms with Crippen LogP contribution in [0.5, 0.6) is 0 Å². The van der Waals surface area contributed by atoms with Crippen molar-refractivity contribution in [3.63, 3.8) is 0 Å². The monoisotopic (exact) mass is 293 g/mol. The summed E-state index contributed by atoms with van der Waals surface area (Å²) in [7, 11) is 0. The van der Waals surface area contributed by atoms with Crippen LogP contribution in [0, 0.1) is 5.92 Å². The van der Waals surface area contributed by atoms with Crippen LogP contribution in [0.25, 0.3) is 0 Å². The lowest BCUT2D eigenvalue weighted by molar-refractivity contribution is -0.137. The number of hydrogen-bond donors (Lipinski definition) is 1. The molecular weight excluding hydrogens is 275 g/mol. The SMILES string of the molecule is CC(C)CCC(C)Nc1c(Cl)cccc1C(F)(F)F. The van der Waals surface area contributed by atoms with Crippen LogP contribution in [0.1, 0.15) is 39.2 Å². The first-order chi connectivity index (χ1) is 8.71. The van der Waals surface area contributed by atoms with Gasteiger partial charge in [0.25, 0.3) is 0 Å². The summed E-state index contributed by atoms with van der Waals surface area (Å²) in [5, 5.41) is 2.99. The quantitative estimate of drug-likeness (QED) is 0.745. The highest BCUT2D eigenvalue weighted by Gasteiger charge is 2.34. The third kappa shape index (κ3) is 4.94. The van der Waals surface area contributed by atoms with Gasteiger partial charge in [-0.25, -0.2) is 0 Å². The molecule has 0 radical (unpaired) electrons. The van der Waals surface area contributed by atoms with Gasteiger partial charge in [0.05, 0.1) is 16.3 Å². The summed E-state index contributed by atoms with van der Waals surface area (Å²) in [6.07, 6.45) is -2.63. The Balaban J connectivity index is 2.88. The molecule has 1 N–H and O–H groups in total. The van der Waals surface area contributed by atoms with Crippen LogP contribution >= 0.6 is 11.6 Å². The fourth-order valence-corrected chi connectivity index (χ4v) is 2.04. The molecule has 0 aliphatic carbocycles. The van der Waals surface area contributed by atoms with Gasteiger partial charge in [-0.3, -0.25) is 0 Å². The summed E-state index contributed by atoms with van der Waals surface area (Å²) >= 11 is 5.88. The van der Waals surface area contributed by atoms with Gasteiger partial charge in [0.2, 0.25) is 0 Å². The second kappa shape index (κ2) is 6.51. The van der Waals surface area contributed by atoms with E-state index in [-0.39, 0.29) is 16.8 Å². The first-order valence-corrected chi connectivity index (χ1v) is 6.72. The first-order valence-electron chi connectivity index (χ1n) is 6.34. The normalized spacial score (nSPS) is 13.7. The molecule has 0 amide bonds. The highest BCUT2D eigenvalue weighted by Crippen LogP contribution is 2.38. The van der Waals surface area contributed by atoms with Gasteiger partial charge < -0.3 is 5.32 Å². The molecule has 0 spiro atoms. The van der Waals surface area contributed by atoms with E-state index < -0.39 is 11.7 Å². The molecule has 0 bridgehead atoms. The van der Waals surface area contributed by atoms with Gasteiger partial charge in [0, 0.05) is 6.04 Å². The molecule has 1 atom stereocenters. The number of rotatable bonds is 5. The summed E-state index contributed by atoms with van der Waals surface area (Å²) in [6.45, 7) is 6.04. The van der Waals surface area contributed by atoms with Crippen molar-refractivity contribution in [3.05, 3.63) is 28.8 Å². The molecule has 0 heterocycles. The third-order valence-electron chi connectivity index (χ3n) is 2.89. The molecule has 19 heavy (non-hydrogen) atoms. The largest absolute Gasteiger partial charge is 0.418 e. The Morgan fingerprint density at radius 1 is 1.16 bits per heavy atom. The second-order valence-corrected chi connectivity index (χ2v) is 5.58. The summed E-state index contributed by atoms with van der Waals surface area (Å²) in [5.41, 5.74) is -0.732. The minimum atomic E-state index is -4.40. The Morgan fingerprint density at radius 3 is 2.32 bits per heavy atom. The van der Waals surface area contributed by atoms with E-state index in [9.17, 15) is 13.2 Å². The van der Waals surface area contributed by atoms with Crippen molar-refractivity contribution in [2.24, 2.45) is 5.92 Å². The topological polar surface area (TPSA) is 12.0 Å². The average molecular weight is 294 g/mol. The van der Waals surface area contributed by atoms with Crippen molar-refractivity contribution >= 4 is 17.3 Å². The number of halogens is 4. The van der Waals surface area contributed by atoms with Gasteiger partial charge in [0.15, 0.2) is 0 Å². The van der Waals surface area contributed by atoms with E-state index >= 15 is 0 Å². The van der Waals surface area contributed by atoms with Crippen LogP contribution < -0.4 is 5.32 Å². The van der Waals surface area contributed by atoms with Gasteiger partial charge in [0.1, 0.15) is 0 Å². The lowest BCUT2D eigenvalue weighted by atomic mass is 10.0. The third-order valence-corrected chi connectivity index (χ3v) is 3.20. The molecule has 1 unspecified atom stereocenters. The second-order valence-electron chi connectivity index (χ2n) is 5.18. The zero-order valence-corrected chi connectivity index (χ0v) is 12.1. The van der Waals surface area contributed by atoms with Crippen LogP contribution in [-0.2, 0) is 6.18 Å². The van der Waals surface area contributed by atoms with Crippen molar-refractivity contribution in [3.8, 4) is 0 Å². The summed E-state index contributed by atoms with van der Waals surface area (Å²) < 4.78 is 38.7. The molecule has 5 heteroatoms. The standard InChI is InChI=1S/C14H19ClF3N/c1-9(2)7-8-10(3)19-13-11(14(16,17)18)5-4-6-12(13)15/h4-6,9-10,19H,7-8H2,1-3H3. The smallest absolute Gasteiger partial charge is 0.381 e. The average Bonchev–Trinajstić information content (AvgIpc) is 2.27. The molecule has 0 aliphatic rings. The molecule has 0 aliphatic heterocycles. The number of anilines is 1. The number of para-hydroxylation sites is 1. The van der Waals surface area contributed by atoms with Gasteiger partial charge in [-0.05, 0) is 37.8 Å². The van der Waals surface area contributed by atoms with Crippen molar-refractivity contribution in [1.82, 2.24) is 0 Å². The van der Waals surface area contributed by atoms with Crippen LogP contribution in [0.4, 0.5) is 18.9 Å². The minimum Gasteiger partial charge on any atom is -0.381 e. The van der Waals surface area contributed by atoms with Crippen molar-refractivity contribution < 1.29 is 13.2 Å². The number of alkyl halides is 3. The van der Waals surface area contributed by atoms with Crippen molar-refractivity contribution in [2.75, 3.05) is 5.32 Å². The zero-order chi connectivity index (χ0) is 14.6. The molecule has 1 aromatic rings. The Labute approximate surface area is 117 Å². The fraction of sp³-hybridized carbons (Fsp3) is 0.571. The van der Waals surface area contributed by atoms with E-state index in [0.717, 1.165) is 18.9 Å². The Hall–Kier alpha value is -0.900. The molecule has 108 valence electrons. The molecule has 1 rings (SSSR count). The summed E-state index contributed by atoms with van der Waals surface area (Å²) in [6, 6.07) is 3.77. The van der Waals surface area contributed by atoms with E-state index in [4.69, 9.17) is 11.6 Å².